The number of nitrogens with one attached hydrogen (secondary N) is 2. The molecule has 0 saturated carbocycles. The third-order valence-corrected chi connectivity index (χ3v) is 6.18. The Labute approximate surface area is 201 Å². The lowest BCUT2D eigenvalue weighted by Crippen LogP contribution is -2.35. The zero-order valence-corrected chi connectivity index (χ0v) is 20.0. The van der Waals surface area contributed by atoms with Crippen molar-refractivity contribution in [1.82, 2.24) is 20.1 Å². The largest absolute Gasteiger partial charge is 0.469 e. The van der Waals surface area contributed by atoms with E-state index >= 15 is 0 Å². The van der Waals surface area contributed by atoms with E-state index in [1.807, 2.05) is 79.9 Å². The number of aryl methyl sites for hydroxylation is 3. The van der Waals surface area contributed by atoms with Gasteiger partial charge in [-0.25, -0.2) is 4.79 Å². The number of thioether (sulfide) groups is 1. The minimum Gasteiger partial charge on any atom is -0.469 e. The fourth-order valence-electron chi connectivity index (χ4n) is 3.52. The van der Waals surface area contributed by atoms with Gasteiger partial charge in [-0.05, 0) is 44.0 Å². The maximum absolute atomic E-state index is 12.5. The van der Waals surface area contributed by atoms with Crippen LogP contribution in [0.4, 0.5) is 10.5 Å². The van der Waals surface area contributed by atoms with E-state index in [0.29, 0.717) is 23.2 Å². The van der Waals surface area contributed by atoms with Gasteiger partial charge in [-0.15, -0.1) is 10.2 Å². The molecule has 174 valence electrons. The Hall–Kier alpha value is -3.85. The number of furan rings is 1. The zero-order valence-electron chi connectivity index (χ0n) is 19.2. The highest BCUT2D eigenvalue weighted by molar-refractivity contribution is 7.99. The number of imide groups is 1. The van der Waals surface area contributed by atoms with Crippen molar-refractivity contribution in [3.8, 4) is 11.4 Å². The van der Waals surface area contributed by atoms with Gasteiger partial charge in [0.1, 0.15) is 5.76 Å². The van der Waals surface area contributed by atoms with E-state index in [2.05, 4.69) is 20.8 Å². The molecule has 2 heterocycles. The number of hydrogen-bond acceptors (Lipinski definition) is 6. The Morgan fingerprint density at radius 3 is 2.53 bits per heavy atom. The van der Waals surface area contributed by atoms with Gasteiger partial charge in [-0.1, -0.05) is 59.8 Å². The summed E-state index contributed by atoms with van der Waals surface area (Å²) in [4.78, 5) is 24.7. The first-order valence-electron chi connectivity index (χ1n) is 10.7. The quantitative estimate of drug-likeness (QED) is 0.367. The second-order valence-electron chi connectivity index (χ2n) is 7.88. The van der Waals surface area contributed by atoms with Crippen LogP contribution >= 0.6 is 11.8 Å². The smallest absolute Gasteiger partial charge is 0.325 e. The van der Waals surface area contributed by atoms with Crippen LogP contribution in [0.15, 0.2) is 70.4 Å². The summed E-state index contributed by atoms with van der Waals surface area (Å²) in [5.41, 5.74) is 4.59. The lowest BCUT2D eigenvalue weighted by atomic mass is 10.1. The van der Waals surface area contributed by atoms with Crippen molar-refractivity contribution in [2.45, 2.75) is 32.5 Å². The van der Waals surface area contributed by atoms with E-state index < -0.39 is 11.9 Å². The maximum atomic E-state index is 12.5. The molecule has 9 heteroatoms. The van der Waals surface area contributed by atoms with Crippen LogP contribution in [0.2, 0.25) is 0 Å². The fourth-order valence-corrected chi connectivity index (χ4v) is 4.26. The molecule has 8 nitrogen and oxygen atoms in total. The van der Waals surface area contributed by atoms with Crippen LogP contribution in [0.3, 0.4) is 0 Å². The minimum absolute atomic E-state index is 0.0115. The lowest BCUT2D eigenvalue weighted by molar-refractivity contribution is -0.117. The van der Waals surface area contributed by atoms with E-state index in [1.165, 1.54) is 11.8 Å². The van der Waals surface area contributed by atoms with E-state index in [4.69, 9.17) is 4.42 Å². The molecule has 0 aliphatic heterocycles. The lowest BCUT2D eigenvalue weighted by Gasteiger charge is -2.11. The molecule has 0 unspecified atom stereocenters. The first kappa shape index (κ1) is 23.3. The van der Waals surface area contributed by atoms with Crippen LogP contribution in [-0.2, 0) is 11.3 Å². The normalized spacial score (nSPS) is 10.8. The number of hydrogen-bond donors (Lipinski definition) is 2. The summed E-state index contributed by atoms with van der Waals surface area (Å²) in [6.45, 7) is 6.28. The SMILES string of the molecule is Cc1ccc(NC(=O)NC(=O)CSc2nnc(-c3ccoc3C)n2Cc2ccccc2)c(C)c1. The van der Waals surface area contributed by atoms with Crippen LogP contribution in [0.5, 0.6) is 0 Å². The molecule has 0 spiro atoms. The van der Waals surface area contributed by atoms with Gasteiger partial charge in [0.05, 0.1) is 24.1 Å². The molecule has 0 bridgehead atoms. The molecular weight excluding hydrogens is 450 g/mol. The van der Waals surface area contributed by atoms with Gasteiger partial charge in [0.25, 0.3) is 0 Å². The number of aromatic nitrogens is 3. The molecule has 0 saturated heterocycles. The van der Waals surface area contributed by atoms with Crippen molar-refractivity contribution in [2.24, 2.45) is 0 Å². The average molecular weight is 476 g/mol. The summed E-state index contributed by atoms with van der Waals surface area (Å²) >= 11 is 1.22. The Kier molecular flexibility index (Phi) is 7.12. The van der Waals surface area contributed by atoms with Crippen molar-refractivity contribution in [3.63, 3.8) is 0 Å². The van der Waals surface area contributed by atoms with Gasteiger partial charge >= 0.3 is 6.03 Å². The number of rotatable bonds is 7. The summed E-state index contributed by atoms with van der Waals surface area (Å²) < 4.78 is 7.39. The maximum Gasteiger partial charge on any atom is 0.325 e. The van der Waals surface area contributed by atoms with Crippen molar-refractivity contribution in [2.75, 3.05) is 11.1 Å². The second-order valence-corrected chi connectivity index (χ2v) is 8.82. The van der Waals surface area contributed by atoms with Crippen LogP contribution in [0, 0.1) is 20.8 Å². The Bertz CT molecular complexity index is 1310. The summed E-state index contributed by atoms with van der Waals surface area (Å²) in [7, 11) is 0. The Balaban J connectivity index is 1.44. The van der Waals surface area contributed by atoms with Crippen LogP contribution in [0.25, 0.3) is 11.4 Å². The van der Waals surface area contributed by atoms with Crippen molar-refractivity contribution < 1.29 is 14.0 Å². The first-order valence-corrected chi connectivity index (χ1v) is 11.7. The molecule has 0 aliphatic carbocycles. The molecular formula is C25H25N5O3S. The predicted octanol–water partition coefficient (Wildman–Crippen LogP) is 4.95. The molecule has 4 rings (SSSR count). The van der Waals surface area contributed by atoms with E-state index in [0.717, 1.165) is 28.0 Å². The summed E-state index contributed by atoms with van der Waals surface area (Å²) in [6, 6.07) is 16.9. The molecule has 0 radical (unpaired) electrons. The van der Waals surface area contributed by atoms with E-state index in [-0.39, 0.29) is 5.75 Å². The topological polar surface area (TPSA) is 102 Å². The van der Waals surface area contributed by atoms with Gasteiger partial charge in [0.15, 0.2) is 11.0 Å². The van der Waals surface area contributed by atoms with Gasteiger partial charge in [0, 0.05) is 5.69 Å². The average Bonchev–Trinajstić information content (AvgIpc) is 3.40. The van der Waals surface area contributed by atoms with Crippen molar-refractivity contribution >= 4 is 29.4 Å². The van der Waals surface area contributed by atoms with Crippen LogP contribution < -0.4 is 10.6 Å². The highest BCUT2D eigenvalue weighted by atomic mass is 32.2. The van der Waals surface area contributed by atoms with Crippen molar-refractivity contribution in [1.29, 1.82) is 0 Å². The number of amides is 3. The van der Waals surface area contributed by atoms with Crippen LogP contribution in [0.1, 0.15) is 22.5 Å². The van der Waals surface area contributed by atoms with Gasteiger partial charge in [0.2, 0.25) is 5.91 Å². The molecule has 0 fully saturated rings. The molecule has 34 heavy (non-hydrogen) atoms. The van der Waals surface area contributed by atoms with E-state index in [9.17, 15) is 9.59 Å². The predicted molar refractivity (Wildman–Crippen MR) is 132 cm³/mol. The summed E-state index contributed by atoms with van der Waals surface area (Å²) in [6.07, 6.45) is 1.61. The Morgan fingerprint density at radius 2 is 1.82 bits per heavy atom. The number of nitrogens with zero attached hydrogens (tertiary/aromatic N) is 3. The summed E-state index contributed by atoms with van der Waals surface area (Å²) in [5.74, 6) is 0.977. The zero-order chi connectivity index (χ0) is 24.1. The Morgan fingerprint density at radius 1 is 1.03 bits per heavy atom. The monoisotopic (exact) mass is 475 g/mol. The number of urea groups is 1. The second kappa shape index (κ2) is 10.4. The van der Waals surface area contributed by atoms with Gasteiger partial charge in [-0.2, -0.15) is 0 Å². The first-order chi connectivity index (χ1) is 16.4. The molecule has 4 aromatic rings. The molecule has 2 aromatic heterocycles. The number of benzene rings is 2. The highest BCUT2D eigenvalue weighted by Gasteiger charge is 2.19. The molecule has 2 aromatic carbocycles. The third-order valence-electron chi connectivity index (χ3n) is 5.22. The number of carbonyl (C=O) groups excluding carboxylic acids is 2. The summed E-state index contributed by atoms with van der Waals surface area (Å²) in [5, 5.41) is 14.3. The molecule has 0 atom stereocenters. The molecule has 0 aliphatic rings. The van der Waals surface area contributed by atoms with Gasteiger partial charge in [-0.3, -0.25) is 14.7 Å². The van der Waals surface area contributed by atoms with Crippen molar-refractivity contribution in [3.05, 3.63) is 83.3 Å². The van der Waals surface area contributed by atoms with E-state index in [1.54, 1.807) is 6.26 Å². The highest BCUT2D eigenvalue weighted by Crippen LogP contribution is 2.28. The number of anilines is 1. The standard InChI is InChI=1S/C25H25N5O3S/c1-16-9-10-21(17(2)13-16)26-24(32)27-22(31)15-34-25-29-28-23(20-11-12-33-18(20)3)30(25)14-19-7-5-4-6-8-19/h4-13H,14-15H2,1-3H3,(H2,26,27,31,32). The van der Waals surface area contributed by atoms with Gasteiger partial charge < -0.3 is 9.73 Å². The van der Waals surface area contributed by atoms with Crippen LogP contribution in [-0.4, -0.2) is 32.5 Å². The third kappa shape index (κ3) is 5.55. The number of carbonyl (C=O) groups is 2. The minimum atomic E-state index is -0.571. The fraction of sp³-hybridized carbons (Fsp3) is 0.200. The molecule has 2 N–H and O–H groups in total. The molecule has 3 amide bonds.